The quantitative estimate of drug-likeness (QED) is 0.397. The van der Waals surface area contributed by atoms with Gasteiger partial charge in [-0.25, -0.2) is 4.79 Å². The molecule has 1 aliphatic rings. The lowest BCUT2D eigenvalue weighted by Crippen LogP contribution is -2.38. The van der Waals surface area contributed by atoms with Crippen LogP contribution >= 0.6 is 11.8 Å². The van der Waals surface area contributed by atoms with E-state index >= 15 is 0 Å². The second-order valence-corrected chi connectivity index (χ2v) is 6.61. The van der Waals surface area contributed by atoms with Crippen LogP contribution in [0.1, 0.15) is 0 Å². The molecule has 0 aliphatic carbocycles. The normalized spacial score (nSPS) is 15.6. The summed E-state index contributed by atoms with van der Waals surface area (Å²) >= 11 is 0.877. The second kappa shape index (κ2) is 9.54. The first-order valence-electron chi connectivity index (χ1n) is 7.98. The first kappa shape index (κ1) is 22.4. The lowest BCUT2D eigenvalue weighted by Gasteiger charge is -2.28. The largest absolute Gasteiger partial charge is 0.440 e. The fourth-order valence-electron chi connectivity index (χ4n) is 2.20. The van der Waals surface area contributed by atoms with Gasteiger partial charge >= 0.3 is 18.4 Å². The minimum Gasteiger partial charge on any atom is -0.440 e. The van der Waals surface area contributed by atoms with Crippen LogP contribution in [0.5, 0.6) is 0 Å². The Morgan fingerprint density at radius 3 is 2.43 bits per heavy atom. The zero-order valence-corrected chi connectivity index (χ0v) is 15.2. The number of anilines is 1. The Morgan fingerprint density at radius 1 is 1.14 bits per heavy atom. The number of carbonyl (C=O) groups excluding carboxylic acids is 1. The van der Waals surface area contributed by atoms with Crippen molar-refractivity contribution in [3.8, 4) is 0 Å². The maximum Gasteiger partial charge on any atom is 0.422 e. The van der Waals surface area contributed by atoms with Crippen LogP contribution in [0.3, 0.4) is 0 Å². The van der Waals surface area contributed by atoms with Crippen molar-refractivity contribution in [2.75, 3.05) is 50.1 Å². The molecule has 160 valence electrons. The molecule has 1 aromatic rings. The summed E-state index contributed by atoms with van der Waals surface area (Å²) in [6, 6.07) is 0. The molecular formula is C13H17F6N5O3S. The van der Waals surface area contributed by atoms with Gasteiger partial charge in [0.25, 0.3) is 0 Å². The highest BCUT2D eigenvalue weighted by Gasteiger charge is 2.33. The molecule has 2 heterocycles. The second-order valence-electron chi connectivity index (χ2n) is 5.55. The molecule has 1 aliphatic heterocycles. The molecule has 2 rings (SSSR count). The number of alkyl carbamates (subject to hydrolysis) is 1. The van der Waals surface area contributed by atoms with Gasteiger partial charge in [-0.2, -0.15) is 26.3 Å². The number of amides is 1. The number of nitrogens with one attached hydrogen (secondary N) is 1. The number of nitrogens with zero attached hydrogens (tertiary/aromatic N) is 4. The number of ether oxygens (including phenoxy) is 2. The van der Waals surface area contributed by atoms with Gasteiger partial charge in [0.05, 0.1) is 13.2 Å². The van der Waals surface area contributed by atoms with Crippen LogP contribution in [0.4, 0.5) is 37.1 Å². The number of rotatable bonds is 7. The Balaban J connectivity index is 1.91. The summed E-state index contributed by atoms with van der Waals surface area (Å²) in [5.41, 5.74) is 0. The highest BCUT2D eigenvalue weighted by molar-refractivity contribution is 7.99. The fourth-order valence-corrected chi connectivity index (χ4v) is 2.98. The predicted molar refractivity (Wildman–Crippen MR) is 85.2 cm³/mol. The topological polar surface area (TPSA) is 81.5 Å². The van der Waals surface area contributed by atoms with Crippen molar-refractivity contribution >= 4 is 23.8 Å². The van der Waals surface area contributed by atoms with Crippen molar-refractivity contribution in [3.05, 3.63) is 0 Å². The van der Waals surface area contributed by atoms with E-state index < -0.39 is 31.6 Å². The standard InChI is InChI=1S/C13H17F6N5O3S/c14-12(15,16)7-24-9(23-2-4-26-5-3-23)21-22-10(24)28-6-1-20-11(25)27-8-13(17,18)19/h1-8H2,(H,20,25). The maximum absolute atomic E-state index is 12.9. The molecule has 1 saturated heterocycles. The zero-order valence-electron chi connectivity index (χ0n) is 14.3. The van der Waals surface area contributed by atoms with Gasteiger partial charge < -0.3 is 19.7 Å². The van der Waals surface area contributed by atoms with E-state index in [2.05, 4.69) is 20.3 Å². The summed E-state index contributed by atoms with van der Waals surface area (Å²) in [4.78, 5) is 12.7. The number of hydrogen-bond acceptors (Lipinski definition) is 7. The van der Waals surface area contributed by atoms with Crippen molar-refractivity contribution in [1.29, 1.82) is 0 Å². The molecule has 0 bridgehead atoms. The lowest BCUT2D eigenvalue weighted by atomic mass is 10.4. The summed E-state index contributed by atoms with van der Waals surface area (Å²) < 4.78 is 84.6. The smallest absolute Gasteiger partial charge is 0.422 e. The van der Waals surface area contributed by atoms with Crippen molar-refractivity contribution in [2.24, 2.45) is 0 Å². The van der Waals surface area contributed by atoms with E-state index in [-0.39, 0.29) is 23.4 Å². The molecule has 15 heteroatoms. The number of hydrogen-bond donors (Lipinski definition) is 1. The average Bonchev–Trinajstić information content (AvgIpc) is 2.98. The number of alkyl halides is 6. The Kier molecular flexibility index (Phi) is 7.63. The molecular weight excluding hydrogens is 420 g/mol. The Labute approximate surface area is 159 Å². The van der Waals surface area contributed by atoms with Gasteiger partial charge in [-0.3, -0.25) is 4.57 Å². The Bertz CT molecular complexity index is 648. The molecule has 0 spiro atoms. The van der Waals surface area contributed by atoms with E-state index in [4.69, 9.17) is 4.74 Å². The molecule has 0 saturated carbocycles. The van der Waals surface area contributed by atoms with Crippen molar-refractivity contribution in [1.82, 2.24) is 20.1 Å². The van der Waals surface area contributed by atoms with Gasteiger partial charge in [0.2, 0.25) is 5.95 Å². The van der Waals surface area contributed by atoms with Gasteiger partial charge in [-0.1, -0.05) is 11.8 Å². The first-order valence-corrected chi connectivity index (χ1v) is 8.96. The molecule has 1 fully saturated rings. The molecule has 0 aromatic carbocycles. The average molecular weight is 437 g/mol. The predicted octanol–water partition coefficient (Wildman–Crippen LogP) is 2.06. The summed E-state index contributed by atoms with van der Waals surface area (Å²) in [6.45, 7) is -1.71. The van der Waals surface area contributed by atoms with E-state index in [1.165, 1.54) is 0 Å². The van der Waals surface area contributed by atoms with E-state index in [9.17, 15) is 31.1 Å². The summed E-state index contributed by atoms with van der Waals surface area (Å²) in [7, 11) is 0. The van der Waals surface area contributed by atoms with E-state index in [1.807, 2.05) is 0 Å². The van der Waals surface area contributed by atoms with Gasteiger partial charge in [0.1, 0.15) is 6.54 Å². The van der Waals surface area contributed by atoms with Crippen LogP contribution in [0.15, 0.2) is 5.16 Å². The summed E-state index contributed by atoms with van der Waals surface area (Å²) in [5, 5.41) is 9.63. The SMILES string of the molecule is O=C(NCCSc1nnc(N2CCOCC2)n1CC(F)(F)F)OCC(F)(F)F. The van der Waals surface area contributed by atoms with Gasteiger partial charge in [0, 0.05) is 25.4 Å². The number of morpholine rings is 1. The molecule has 1 N–H and O–H groups in total. The summed E-state index contributed by atoms with van der Waals surface area (Å²) in [6.07, 6.45) is -10.4. The van der Waals surface area contributed by atoms with Crippen molar-refractivity contribution in [3.63, 3.8) is 0 Å². The molecule has 28 heavy (non-hydrogen) atoms. The van der Waals surface area contributed by atoms with Crippen molar-refractivity contribution in [2.45, 2.75) is 24.1 Å². The minimum atomic E-state index is -4.64. The van der Waals surface area contributed by atoms with Crippen LogP contribution in [0, 0.1) is 0 Å². The highest BCUT2D eigenvalue weighted by Crippen LogP contribution is 2.27. The van der Waals surface area contributed by atoms with Gasteiger partial charge in [0.15, 0.2) is 11.8 Å². The fraction of sp³-hybridized carbons (Fsp3) is 0.769. The third kappa shape index (κ3) is 7.61. The number of aromatic nitrogens is 3. The zero-order chi connectivity index (χ0) is 20.8. The third-order valence-electron chi connectivity index (χ3n) is 3.30. The summed E-state index contributed by atoms with van der Waals surface area (Å²) in [5.74, 6) is 0.112. The molecule has 0 radical (unpaired) electrons. The van der Waals surface area contributed by atoms with Crippen LogP contribution in [-0.2, 0) is 16.0 Å². The third-order valence-corrected chi connectivity index (χ3v) is 4.27. The van der Waals surface area contributed by atoms with Gasteiger partial charge in [-0.15, -0.1) is 10.2 Å². The molecule has 0 unspecified atom stereocenters. The Hall–Kier alpha value is -1.90. The monoisotopic (exact) mass is 437 g/mol. The van der Waals surface area contributed by atoms with Crippen LogP contribution in [0.25, 0.3) is 0 Å². The van der Waals surface area contributed by atoms with Crippen LogP contribution < -0.4 is 10.2 Å². The minimum absolute atomic E-state index is 0.0238. The highest BCUT2D eigenvalue weighted by atomic mass is 32.2. The number of halogens is 6. The molecule has 1 amide bonds. The first-order chi connectivity index (χ1) is 13.1. The van der Waals surface area contributed by atoms with Crippen molar-refractivity contribution < 1.29 is 40.6 Å². The number of thioether (sulfide) groups is 1. The number of carbonyl (C=O) groups is 1. The van der Waals surface area contributed by atoms with Crippen LogP contribution in [0.2, 0.25) is 0 Å². The molecule has 0 atom stereocenters. The molecule has 1 aromatic heterocycles. The maximum atomic E-state index is 12.9. The lowest BCUT2D eigenvalue weighted by molar-refractivity contribution is -0.160. The van der Waals surface area contributed by atoms with Crippen LogP contribution in [-0.4, -0.2) is 78.4 Å². The molecule has 8 nitrogen and oxygen atoms in total. The van der Waals surface area contributed by atoms with E-state index in [0.717, 1.165) is 16.3 Å². The van der Waals surface area contributed by atoms with E-state index in [1.54, 1.807) is 4.90 Å². The Morgan fingerprint density at radius 2 is 1.82 bits per heavy atom. The van der Waals surface area contributed by atoms with E-state index in [0.29, 0.717) is 26.3 Å². The van der Waals surface area contributed by atoms with Gasteiger partial charge in [-0.05, 0) is 0 Å².